The molecule has 102 valence electrons. The van der Waals surface area contributed by atoms with E-state index < -0.39 is 0 Å². The van der Waals surface area contributed by atoms with Gasteiger partial charge in [-0.2, -0.15) is 0 Å². The Morgan fingerprint density at radius 1 is 1.00 bits per heavy atom. The predicted molar refractivity (Wildman–Crippen MR) is 75.1 cm³/mol. The van der Waals surface area contributed by atoms with Gasteiger partial charge in [-0.15, -0.1) is 0 Å². The molecule has 1 saturated heterocycles. The smallest absolute Gasteiger partial charge is 0.0113 e. The molecule has 0 radical (unpaired) electrons. The van der Waals surface area contributed by atoms with Gasteiger partial charge in [-0.25, -0.2) is 0 Å². The summed E-state index contributed by atoms with van der Waals surface area (Å²) < 4.78 is 0. The molecule has 0 saturated carbocycles. The minimum absolute atomic E-state index is 0.634. The molecule has 0 spiro atoms. The zero-order valence-electron chi connectivity index (χ0n) is 12.2. The number of nitrogens with zero attached hydrogens (tertiary/aromatic N) is 2. The normalized spacial score (nSPS) is 22.9. The number of rotatable bonds is 6. The van der Waals surface area contributed by atoms with E-state index in [4.69, 9.17) is 5.73 Å². The maximum atomic E-state index is 5.68. The van der Waals surface area contributed by atoms with Crippen LogP contribution in [-0.2, 0) is 0 Å². The van der Waals surface area contributed by atoms with E-state index in [1.54, 1.807) is 0 Å². The molecule has 2 atom stereocenters. The number of nitrogens with two attached hydrogens (primary N) is 1. The Hall–Kier alpha value is -0.120. The molecule has 0 aromatic rings. The van der Waals surface area contributed by atoms with Gasteiger partial charge in [-0.1, -0.05) is 20.8 Å². The van der Waals surface area contributed by atoms with Crippen LogP contribution in [0.2, 0.25) is 0 Å². The van der Waals surface area contributed by atoms with Crippen LogP contribution >= 0.6 is 0 Å². The van der Waals surface area contributed by atoms with Crippen molar-refractivity contribution in [2.24, 2.45) is 17.6 Å². The van der Waals surface area contributed by atoms with Gasteiger partial charge < -0.3 is 10.6 Å². The first kappa shape index (κ1) is 14.9. The molecule has 1 aliphatic heterocycles. The van der Waals surface area contributed by atoms with Gasteiger partial charge in [0.05, 0.1) is 0 Å². The highest BCUT2D eigenvalue weighted by molar-refractivity contribution is 4.77. The molecule has 17 heavy (non-hydrogen) atoms. The first-order valence-corrected chi connectivity index (χ1v) is 7.19. The predicted octanol–water partition coefficient (Wildman–Crippen LogP) is 1.63. The molecular formula is C14H31N3. The quantitative estimate of drug-likeness (QED) is 0.767. The Kier molecular flexibility index (Phi) is 6.45. The van der Waals surface area contributed by atoms with Gasteiger partial charge in [0.15, 0.2) is 0 Å². The van der Waals surface area contributed by atoms with Gasteiger partial charge in [-0.3, -0.25) is 4.90 Å². The van der Waals surface area contributed by atoms with Crippen LogP contribution in [0.5, 0.6) is 0 Å². The largest absolute Gasteiger partial charge is 0.330 e. The van der Waals surface area contributed by atoms with E-state index in [-0.39, 0.29) is 0 Å². The molecule has 1 heterocycles. The van der Waals surface area contributed by atoms with Crippen LogP contribution in [0.1, 0.15) is 34.1 Å². The van der Waals surface area contributed by atoms with Crippen molar-refractivity contribution < 1.29 is 0 Å². The summed E-state index contributed by atoms with van der Waals surface area (Å²) in [6.45, 7) is 16.1. The number of piperazine rings is 1. The summed E-state index contributed by atoms with van der Waals surface area (Å²) in [7, 11) is 0. The molecule has 0 bridgehead atoms. The Morgan fingerprint density at radius 2 is 1.59 bits per heavy atom. The average molecular weight is 241 g/mol. The molecule has 2 unspecified atom stereocenters. The molecule has 3 heteroatoms. The molecule has 1 rings (SSSR count). The van der Waals surface area contributed by atoms with Gasteiger partial charge in [-0.05, 0) is 31.7 Å². The lowest BCUT2D eigenvalue weighted by molar-refractivity contribution is 0.0862. The average Bonchev–Trinajstić information content (AvgIpc) is 2.28. The van der Waals surface area contributed by atoms with Crippen LogP contribution in [0, 0.1) is 11.8 Å². The Bertz CT molecular complexity index is 198. The number of hydrogen-bond donors (Lipinski definition) is 1. The van der Waals surface area contributed by atoms with E-state index in [2.05, 4.69) is 37.5 Å². The fourth-order valence-corrected chi connectivity index (χ4v) is 2.73. The van der Waals surface area contributed by atoms with E-state index in [0.29, 0.717) is 5.92 Å². The lowest BCUT2D eigenvalue weighted by Gasteiger charge is -2.39. The van der Waals surface area contributed by atoms with Crippen molar-refractivity contribution in [1.82, 2.24) is 9.80 Å². The summed E-state index contributed by atoms with van der Waals surface area (Å²) >= 11 is 0. The third-order valence-corrected chi connectivity index (χ3v) is 3.81. The molecule has 2 N–H and O–H groups in total. The summed E-state index contributed by atoms with van der Waals surface area (Å²) in [6.07, 6.45) is 1.32. The van der Waals surface area contributed by atoms with Gasteiger partial charge >= 0.3 is 0 Å². The minimum atomic E-state index is 0.634. The Labute approximate surface area is 107 Å². The molecule has 1 aliphatic rings. The SMILES string of the molecule is CC(C)CC(C)N1CCN(CC(C)CN)CC1. The van der Waals surface area contributed by atoms with Crippen molar-refractivity contribution in [3.63, 3.8) is 0 Å². The van der Waals surface area contributed by atoms with Gasteiger partial charge in [0.25, 0.3) is 0 Å². The second-order valence-electron chi connectivity index (χ2n) is 6.16. The van der Waals surface area contributed by atoms with Crippen LogP contribution in [0.4, 0.5) is 0 Å². The first-order chi connectivity index (χ1) is 8.02. The van der Waals surface area contributed by atoms with Crippen molar-refractivity contribution in [3.05, 3.63) is 0 Å². The van der Waals surface area contributed by atoms with E-state index in [9.17, 15) is 0 Å². The molecule has 3 nitrogen and oxygen atoms in total. The summed E-state index contributed by atoms with van der Waals surface area (Å²) in [6, 6.07) is 0.740. The maximum absolute atomic E-state index is 5.68. The summed E-state index contributed by atoms with van der Waals surface area (Å²) in [5.41, 5.74) is 5.68. The first-order valence-electron chi connectivity index (χ1n) is 7.19. The molecule has 0 aromatic carbocycles. The van der Waals surface area contributed by atoms with Crippen LogP contribution in [0.25, 0.3) is 0 Å². The third kappa shape index (κ3) is 5.36. The van der Waals surface area contributed by atoms with E-state index in [0.717, 1.165) is 18.5 Å². The third-order valence-electron chi connectivity index (χ3n) is 3.81. The molecule has 0 amide bonds. The lowest BCUT2D eigenvalue weighted by Crippen LogP contribution is -2.51. The zero-order chi connectivity index (χ0) is 12.8. The van der Waals surface area contributed by atoms with Gasteiger partial charge in [0.1, 0.15) is 0 Å². The molecule has 0 aliphatic carbocycles. The maximum Gasteiger partial charge on any atom is 0.0113 e. The highest BCUT2D eigenvalue weighted by atomic mass is 15.3. The van der Waals surface area contributed by atoms with E-state index in [1.165, 1.54) is 39.1 Å². The van der Waals surface area contributed by atoms with Crippen LogP contribution in [0.15, 0.2) is 0 Å². The fourth-order valence-electron chi connectivity index (χ4n) is 2.73. The van der Waals surface area contributed by atoms with Crippen LogP contribution in [0.3, 0.4) is 0 Å². The second-order valence-corrected chi connectivity index (χ2v) is 6.16. The van der Waals surface area contributed by atoms with Crippen molar-refractivity contribution in [1.29, 1.82) is 0 Å². The van der Waals surface area contributed by atoms with Gasteiger partial charge in [0.2, 0.25) is 0 Å². The van der Waals surface area contributed by atoms with Gasteiger partial charge in [0, 0.05) is 38.8 Å². The monoisotopic (exact) mass is 241 g/mol. The Morgan fingerprint density at radius 3 is 2.06 bits per heavy atom. The molecule has 0 aromatic heterocycles. The standard InChI is InChI=1S/C14H31N3/c1-12(2)9-14(4)17-7-5-16(6-8-17)11-13(3)10-15/h12-14H,5-11,15H2,1-4H3. The minimum Gasteiger partial charge on any atom is -0.330 e. The summed E-state index contributed by atoms with van der Waals surface area (Å²) in [4.78, 5) is 5.21. The van der Waals surface area contributed by atoms with Crippen molar-refractivity contribution in [2.75, 3.05) is 39.3 Å². The highest BCUT2D eigenvalue weighted by Crippen LogP contribution is 2.14. The van der Waals surface area contributed by atoms with Crippen LogP contribution < -0.4 is 5.73 Å². The zero-order valence-corrected chi connectivity index (χ0v) is 12.2. The van der Waals surface area contributed by atoms with E-state index in [1.807, 2.05) is 0 Å². The Balaban J connectivity index is 2.25. The summed E-state index contributed by atoms with van der Waals surface area (Å²) in [5, 5.41) is 0. The highest BCUT2D eigenvalue weighted by Gasteiger charge is 2.21. The van der Waals surface area contributed by atoms with Crippen LogP contribution in [-0.4, -0.2) is 55.1 Å². The number of hydrogen-bond acceptors (Lipinski definition) is 3. The molecule has 1 fully saturated rings. The van der Waals surface area contributed by atoms with Crippen molar-refractivity contribution in [3.8, 4) is 0 Å². The van der Waals surface area contributed by atoms with Crippen molar-refractivity contribution in [2.45, 2.75) is 40.2 Å². The van der Waals surface area contributed by atoms with Crippen molar-refractivity contribution >= 4 is 0 Å². The van der Waals surface area contributed by atoms with E-state index >= 15 is 0 Å². The topological polar surface area (TPSA) is 32.5 Å². The summed E-state index contributed by atoms with van der Waals surface area (Å²) in [5.74, 6) is 1.44. The second kappa shape index (κ2) is 7.34. The fraction of sp³-hybridized carbons (Fsp3) is 1.00. The lowest BCUT2D eigenvalue weighted by atomic mass is 10.0. The molecular weight excluding hydrogens is 210 g/mol.